The van der Waals surface area contributed by atoms with E-state index in [1.165, 1.54) is 16.8 Å². The number of hydrogen-bond donors (Lipinski definition) is 2. The van der Waals surface area contributed by atoms with Gasteiger partial charge in [0.15, 0.2) is 0 Å². The number of rotatable bonds is 5. The van der Waals surface area contributed by atoms with E-state index in [-0.39, 0.29) is 30.6 Å². The van der Waals surface area contributed by atoms with Gasteiger partial charge in [-0.15, -0.1) is 5.10 Å². The third-order valence-corrected chi connectivity index (χ3v) is 5.03. The van der Waals surface area contributed by atoms with Gasteiger partial charge in [-0.05, 0) is 59.1 Å². The molecule has 4 rings (SSSR count). The number of amides is 3. The summed E-state index contributed by atoms with van der Waals surface area (Å²) in [4.78, 5) is 36.2. The molecular weight excluding hydrogens is 406 g/mol. The number of nitrogens with one attached hydrogen (secondary N) is 2. The van der Waals surface area contributed by atoms with E-state index in [9.17, 15) is 14.4 Å². The minimum atomic E-state index is -0.311. The Hall–Kier alpha value is -3.73. The highest BCUT2D eigenvalue weighted by Crippen LogP contribution is 2.21. The van der Waals surface area contributed by atoms with Crippen LogP contribution in [0.1, 0.15) is 23.2 Å². The number of carbonyl (C=O) groups excluding carboxylic acids is 3. The molecule has 0 unspecified atom stereocenters. The van der Waals surface area contributed by atoms with Crippen LogP contribution in [0.25, 0.3) is 5.69 Å². The predicted octanol–water partition coefficient (Wildman–Crippen LogP) is 1.79. The summed E-state index contributed by atoms with van der Waals surface area (Å²) in [5, 5.41) is 16.2. The normalized spacial score (nSPS) is 13.8. The zero-order chi connectivity index (χ0) is 21.1. The summed E-state index contributed by atoms with van der Waals surface area (Å²) >= 11 is 1.41. The molecule has 10 nitrogen and oxygen atoms in total. The summed E-state index contributed by atoms with van der Waals surface area (Å²) in [6.45, 7) is 0. The molecule has 1 aliphatic rings. The summed E-state index contributed by atoms with van der Waals surface area (Å²) in [5.74, 6) is -0.728. The van der Waals surface area contributed by atoms with Crippen molar-refractivity contribution < 1.29 is 14.4 Å². The quantitative estimate of drug-likeness (QED) is 0.600. The van der Waals surface area contributed by atoms with E-state index in [0.717, 1.165) is 5.69 Å². The molecule has 1 saturated heterocycles. The Morgan fingerprint density at radius 1 is 1.10 bits per heavy atom. The van der Waals surface area contributed by atoms with Crippen LogP contribution in [0.3, 0.4) is 0 Å². The highest BCUT2D eigenvalue weighted by molar-refractivity contribution is 7.98. The molecule has 0 bridgehead atoms. The molecule has 2 N–H and O–H groups in total. The molecule has 3 aromatic rings. The van der Waals surface area contributed by atoms with Crippen LogP contribution >= 0.6 is 11.8 Å². The van der Waals surface area contributed by atoms with Gasteiger partial charge in [0.05, 0.1) is 11.4 Å². The Balaban J connectivity index is 1.49. The SMILES string of the molecule is CSc1nnnn1-c1cccc(NC(=O)c2ccc(N3NC(=O)CCC3=O)cc2)c1. The molecule has 1 aliphatic heterocycles. The van der Waals surface area contributed by atoms with Gasteiger partial charge in [0.25, 0.3) is 5.91 Å². The first-order chi connectivity index (χ1) is 14.5. The van der Waals surface area contributed by atoms with Crippen molar-refractivity contribution in [3.63, 3.8) is 0 Å². The minimum absolute atomic E-state index is 0.157. The van der Waals surface area contributed by atoms with Crippen LogP contribution in [0, 0.1) is 0 Å². The molecule has 0 atom stereocenters. The average molecular weight is 423 g/mol. The molecule has 30 heavy (non-hydrogen) atoms. The second-order valence-corrected chi connectivity index (χ2v) is 7.17. The Bertz CT molecular complexity index is 1110. The van der Waals surface area contributed by atoms with Crippen molar-refractivity contribution in [2.45, 2.75) is 18.0 Å². The highest BCUT2D eigenvalue weighted by atomic mass is 32.2. The number of carbonyl (C=O) groups is 3. The van der Waals surface area contributed by atoms with Gasteiger partial charge in [0, 0.05) is 24.1 Å². The molecule has 0 aliphatic carbocycles. The van der Waals surface area contributed by atoms with Crippen LogP contribution in [0.15, 0.2) is 53.7 Å². The number of hydrazine groups is 1. The van der Waals surface area contributed by atoms with Gasteiger partial charge in [-0.1, -0.05) is 17.8 Å². The maximum atomic E-state index is 12.6. The van der Waals surface area contributed by atoms with E-state index in [1.807, 2.05) is 12.3 Å². The first kappa shape index (κ1) is 19.6. The molecule has 0 radical (unpaired) electrons. The molecule has 1 aromatic heterocycles. The van der Waals surface area contributed by atoms with Gasteiger partial charge < -0.3 is 5.32 Å². The zero-order valence-electron chi connectivity index (χ0n) is 15.9. The Labute approximate surface area is 175 Å². The fourth-order valence-corrected chi connectivity index (χ4v) is 3.37. The lowest BCUT2D eigenvalue weighted by atomic mass is 10.1. The number of thioether (sulfide) groups is 1. The number of nitrogens with zero attached hydrogens (tertiary/aromatic N) is 5. The summed E-state index contributed by atoms with van der Waals surface area (Å²) < 4.78 is 1.58. The zero-order valence-corrected chi connectivity index (χ0v) is 16.7. The smallest absolute Gasteiger partial charge is 0.255 e. The van der Waals surface area contributed by atoms with Crippen LogP contribution in [0.2, 0.25) is 0 Å². The third kappa shape index (κ3) is 4.01. The monoisotopic (exact) mass is 423 g/mol. The Morgan fingerprint density at radius 3 is 2.67 bits per heavy atom. The van der Waals surface area contributed by atoms with Crippen LogP contribution in [0.5, 0.6) is 0 Å². The van der Waals surface area contributed by atoms with Crippen molar-refractivity contribution >= 4 is 40.9 Å². The van der Waals surface area contributed by atoms with E-state index < -0.39 is 0 Å². The van der Waals surface area contributed by atoms with Gasteiger partial charge in [0.1, 0.15) is 0 Å². The Morgan fingerprint density at radius 2 is 1.90 bits per heavy atom. The molecule has 11 heteroatoms. The topological polar surface area (TPSA) is 122 Å². The third-order valence-electron chi connectivity index (χ3n) is 4.41. The summed E-state index contributed by atoms with van der Waals surface area (Å²) in [6, 6.07) is 13.6. The fraction of sp³-hybridized carbons (Fsp3) is 0.158. The fourth-order valence-electron chi connectivity index (χ4n) is 2.93. The van der Waals surface area contributed by atoms with E-state index in [1.54, 1.807) is 47.1 Å². The van der Waals surface area contributed by atoms with E-state index in [2.05, 4.69) is 26.3 Å². The van der Waals surface area contributed by atoms with Gasteiger partial charge in [-0.2, -0.15) is 4.68 Å². The number of aromatic nitrogens is 4. The molecule has 152 valence electrons. The predicted molar refractivity (Wildman–Crippen MR) is 110 cm³/mol. The number of anilines is 2. The van der Waals surface area contributed by atoms with E-state index in [0.29, 0.717) is 22.1 Å². The van der Waals surface area contributed by atoms with Gasteiger partial charge >= 0.3 is 0 Å². The second-order valence-electron chi connectivity index (χ2n) is 6.39. The van der Waals surface area contributed by atoms with Crippen LogP contribution in [-0.4, -0.2) is 44.2 Å². The number of hydrogen-bond acceptors (Lipinski definition) is 7. The number of tetrazole rings is 1. The molecular formula is C19H17N7O3S. The van der Waals surface area contributed by atoms with Crippen molar-refractivity contribution in [2.24, 2.45) is 0 Å². The summed E-state index contributed by atoms with van der Waals surface area (Å²) in [5.41, 5.74) is 4.73. The van der Waals surface area contributed by atoms with Crippen molar-refractivity contribution in [3.8, 4) is 5.69 Å². The van der Waals surface area contributed by atoms with Crippen LogP contribution in [0.4, 0.5) is 11.4 Å². The van der Waals surface area contributed by atoms with Gasteiger partial charge in [0.2, 0.25) is 17.0 Å². The lowest BCUT2D eigenvalue weighted by molar-refractivity contribution is -0.130. The first-order valence-corrected chi connectivity index (χ1v) is 10.2. The van der Waals surface area contributed by atoms with Gasteiger partial charge in [-0.25, -0.2) is 5.01 Å². The van der Waals surface area contributed by atoms with E-state index in [4.69, 9.17) is 0 Å². The lowest BCUT2D eigenvalue weighted by Gasteiger charge is -2.27. The minimum Gasteiger partial charge on any atom is -0.322 e. The maximum absolute atomic E-state index is 12.6. The summed E-state index contributed by atoms with van der Waals surface area (Å²) in [6.07, 6.45) is 2.21. The number of benzene rings is 2. The van der Waals surface area contributed by atoms with Crippen molar-refractivity contribution in [3.05, 3.63) is 54.1 Å². The standard InChI is InChI=1S/C19H17N7O3S/c1-30-19-21-23-24-26(19)15-4-2-3-13(11-15)20-18(29)12-5-7-14(8-6-12)25-17(28)10-9-16(27)22-25/h2-8,11H,9-10H2,1H3,(H,20,29)(H,22,27). The van der Waals surface area contributed by atoms with Crippen LogP contribution < -0.4 is 15.8 Å². The molecule has 2 heterocycles. The second kappa shape index (κ2) is 8.33. The molecule has 0 spiro atoms. The lowest BCUT2D eigenvalue weighted by Crippen LogP contribution is -2.50. The molecule has 1 fully saturated rings. The molecule has 3 amide bonds. The average Bonchev–Trinajstić information content (AvgIpc) is 3.25. The van der Waals surface area contributed by atoms with Crippen molar-refractivity contribution in [2.75, 3.05) is 16.6 Å². The molecule has 0 saturated carbocycles. The van der Waals surface area contributed by atoms with Crippen molar-refractivity contribution in [1.82, 2.24) is 25.6 Å². The highest BCUT2D eigenvalue weighted by Gasteiger charge is 2.24. The largest absolute Gasteiger partial charge is 0.322 e. The summed E-state index contributed by atoms with van der Waals surface area (Å²) in [7, 11) is 0. The molecule has 2 aromatic carbocycles. The van der Waals surface area contributed by atoms with Crippen LogP contribution in [-0.2, 0) is 9.59 Å². The maximum Gasteiger partial charge on any atom is 0.255 e. The first-order valence-electron chi connectivity index (χ1n) is 9.02. The van der Waals surface area contributed by atoms with Gasteiger partial charge in [-0.3, -0.25) is 19.8 Å². The van der Waals surface area contributed by atoms with Crippen molar-refractivity contribution in [1.29, 1.82) is 0 Å². The Kier molecular flexibility index (Phi) is 5.44. The van der Waals surface area contributed by atoms with E-state index >= 15 is 0 Å².